The van der Waals surface area contributed by atoms with Crippen molar-refractivity contribution in [3.63, 3.8) is 0 Å². The molecule has 0 saturated carbocycles. The first kappa shape index (κ1) is 16.4. The number of carbonyl (C=O) groups excluding carboxylic acids is 1. The number of carbonyl (C=O) groups is 1. The number of fused-ring (bicyclic) bond motifs is 3. The van der Waals surface area contributed by atoms with Crippen molar-refractivity contribution in [2.24, 2.45) is 7.05 Å². The normalized spacial score (nSPS) is 11.6. The summed E-state index contributed by atoms with van der Waals surface area (Å²) in [7, 11) is 1.95. The van der Waals surface area contributed by atoms with E-state index in [2.05, 4.69) is 46.9 Å². The van der Waals surface area contributed by atoms with Gasteiger partial charge in [0.25, 0.3) is 5.91 Å². The SMILES string of the molecule is Cc1ccc(NC(=O)c2cc3c(c4ccccc4n3C(C)C)n2C)cn1. The minimum Gasteiger partial charge on any atom is -0.338 e. The number of rotatable bonds is 3. The van der Waals surface area contributed by atoms with Crippen LogP contribution < -0.4 is 5.32 Å². The third kappa shape index (κ3) is 2.47. The number of benzene rings is 1. The monoisotopic (exact) mass is 346 g/mol. The zero-order chi connectivity index (χ0) is 18.4. The number of nitrogens with one attached hydrogen (secondary N) is 1. The maximum atomic E-state index is 12.8. The largest absolute Gasteiger partial charge is 0.338 e. The molecule has 4 rings (SSSR count). The Labute approximate surface area is 152 Å². The second-order valence-electron chi connectivity index (χ2n) is 6.95. The van der Waals surface area contributed by atoms with Gasteiger partial charge in [-0.3, -0.25) is 9.78 Å². The summed E-state index contributed by atoms with van der Waals surface area (Å²) in [6.07, 6.45) is 1.68. The van der Waals surface area contributed by atoms with Crippen LogP contribution in [-0.2, 0) is 7.05 Å². The van der Waals surface area contributed by atoms with Gasteiger partial charge < -0.3 is 14.5 Å². The van der Waals surface area contributed by atoms with E-state index in [-0.39, 0.29) is 5.91 Å². The molecule has 3 heterocycles. The minimum absolute atomic E-state index is 0.131. The average molecular weight is 346 g/mol. The zero-order valence-electron chi connectivity index (χ0n) is 15.4. The van der Waals surface area contributed by atoms with Gasteiger partial charge in [-0.25, -0.2) is 0 Å². The Bertz CT molecular complexity index is 1120. The molecule has 0 saturated heterocycles. The lowest BCUT2D eigenvalue weighted by Gasteiger charge is -2.10. The minimum atomic E-state index is -0.131. The average Bonchev–Trinajstić information content (AvgIpc) is 3.11. The number of amides is 1. The highest BCUT2D eigenvalue weighted by molar-refractivity contribution is 6.12. The van der Waals surface area contributed by atoms with Crippen LogP contribution in [0.15, 0.2) is 48.7 Å². The maximum Gasteiger partial charge on any atom is 0.272 e. The molecule has 1 aromatic carbocycles. The van der Waals surface area contributed by atoms with Gasteiger partial charge in [-0.05, 0) is 45.0 Å². The van der Waals surface area contributed by atoms with E-state index in [1.807, 2.05) is 42.8 Å². The van der Waals surface area contributed by atoms with Crippen LogP contribution in [-0.4, -0.2) is 20.0 Å². The van der Waals surface area contributed by atoms with Crippen molar-refractivity contribution >= 4 is 33.5 Å². The molecule has 0 fully saturated rings. The van der Waals surface area contributed by atoms with Crippen molar-refractivity contribution in [1.82, 2.24) is 14.1 Å². The summed E-state index contributed by atoms with van der Waals surface area (Å²) >= 11 is 0. The predicted molar refractivity (Wildman–Crippen MR) is 106 cm³/mol. The van der Waals surface area contributed by atoms with Crippen LogP contribution in [0.25, 0.3) is 21.9 Å². The molecule has 0 aliphatic rings. The first-order chi connectivity index (χ1) is 12.5. The van der Waals surface area contributed by atoms with E-state index in [9.17, 15) is 4.79 Å². The lowest BCUT2D eigenvalue weighted by atomic mass is 10.2. The molecule has 0 unspecified atom stereocenters. The Kier molecular flexibility index (Phi) is 3.80. The summed E-state index contributed by atoms with van der Waals surface area (Å²) in [5, 5.41) is 4.10. The molecule has 26 heavy (non-hydrogen) atoms. The van der Waals surface area contributed by atoms with Crippen molar-refractivity contribution in [1.29, 1.82) is 0 Å². The number of anilines is 1. The third-order valence-electron chi connectivity index (χ3n) is 4.81. The van der Waals surface area contributed by atoms with Gasteiger partial charge in [0.05, 0.1) is 28.4 Å². The Morgan fingerprint density at radius 1 is 1.12 bits per heavy atom. The summed E-state index contributed by atoms with van der Waals surface area (Å²) < 4.78 is 4.27. The Hall–Kier alpha value is -3.08. The van der Waals surface area contributed by atoms with Crippen LogP contribution in [0, 0.1) is 6.92 Å². The quantitative estimate of drug-likeness (QED) is 0.586. The fourth-order valence-corrected chi connectivity index (χ4v) is 3.61. The van der Waals surface area contributed by atoms with Crippen LogP contribution >= 0.6 is 0 Å². The number of aromatic nitrogens is 3. The fraction of sp³-hybridized carbons (Fsp3) is 0.238. The molecule has 0 spiro atoms. The standard InChI is InChI=1S/C21H22N4O/c1-13(2)25-17-8-6-5-7-16(17)20-18(25)11-19(24(20)4)21(26)23-15-10-9-14(3)22-12-15/h5-13H,1-4H3,(H,23,26). The third-order valence-corrected chi connectivity index (χ3v) is 4.81. The molecular weight excluding hydrogens is 324 g/mol. The van der Waals surface area contributed by atoms with Gasteiger partial charge in [-0.15, -0.1) is 0 Å². The topological polar surface area (TPSA) is 51.9 Å². The molecule has 0 radical (unpaired) electrons. The van der Waals surface area contributed by atoms with E-state index >= 15 is 0 Å². The Morgan fingerprint density at radius 2 is 1.88 bits per heavy atom. The van der Waals surface area contributed by atoms with Gasteiger partial charge in [0, 0.05) is 24.2 Å². The number of nitrogens with zero attached hydrogens (tertiary/aromatic N) is 3. The highest BCUT2D eigenvalue weighted by atomic mass is 16.1. The Balaban J connectivity index is 1.84. The smallest absolute Gasteiger partial charge is 0.272 e. The highest BCUT2D eigenvalue weighted by Gasteiger charge is 2.21. The van der Waals surface area contributed by atoms with Crippen LogP contribution in [0.4, 0.5) is 5.69 Å². The summed E-state index contributed by atoms with van der Waals surface area (Å²) in [6, 6.07) is 14.4. The molecule has 0 bridgehead atoms. The van der Waals surface area contributed by atoms with E-state index in [1.165, 1.54) is 5.52 Å². The van der Waals surface area contributed by atoms with E-state index in [1.54, 1.807) is 6.20 Å². The molecule has 5 nitrogen and oxygen atoms in total. The predicted octanol–water partition coefficient (Wildman–Crippen LogP) is 4.67. The highest BCUT2D eigenvalue weighted by Crippen LogP contribution is 2.33. The molecule has 4 aromatic rings. The van der Waals surface area contributed by atoms with Gasteiger partial charge >= 0.3 is 0 Å². The van der Waals surface area contributed by atoms with Crippen LogP contribution in [0.3, 0.4) is 0 Å². The van der Waals surface area contributed by atoms with Crippen molar-refractivity contribution in [3.8, 4) is 0 Å². The lowest BCUT2D eigenvalue weighted by molar-refractivity contribution is 0.101. The molecule has 1 N–H and O–H groups in total. The van der Waals surface area contributed by atoms with Crippen LogP contribution in [0.5, 0.6) is 0 Å². The number of aryl methyl sites for hydroxylation is 2. The van der Waals surface area contributed by atoms with E-state index < -0.39 is 0 Å². The van der Waals surface area contributed by atoms with Crippen molar-refractivity contribution < 1.29 is 4.79 Å². The van der Waals surface area contributed by atoms with Crippen molar-refractivity contribution in [2.45, 2.75) is 26.8 Å². The number of hydrogen-bond donors (Lipinski definition) is 1. The van der Waals surface area contributed by atoms with E-state index in [0.29, 0.717) is 17.4 Å². The van der Waals surface area contributed by atoms with E-state index in [0.717, 1.165) is 22.1 Å². The lowest BCUT2D eigenvalue weighted by Crippen LogP contribution is -2.15. The van der Waals surface area contributed by atoms with Crippen molar-refractivity contribution in [2.75, 3.05) is 5.32 Å². The van der Waals surface area contributed by atoms with Crippen LogP contribution in [0.2, 0.25) is 0 Å². The zero-order valence-corrected chi connectivity index (χ0v) is 15.4. The number of para-hydroxylation sites is 1. The summed E-state index contributed by atoms with van der Waals surface area (Å²) in [6.45, 7) is 6.25. The molecule has 5 heteroatoms. The molecule has 1 amide bonds. The molecule has 0 atom stereocenters. The maximum absolute atomic E-state index is 12.8. The molecule has 0 aliphatic carbocycles. The molecular formula is C21H22N4O. The van der Waals surface area contributed by atoms with Gasteiger partial charge in [0.2, 0.25) is 0 Å². The second-order valence-corrected chi connectivity index (χ2v) is 6.95. The number of pyridine rings is 1. The van der Waals surface area contributed by atoms with Gasteiger partial charge in [-0.1, -0.05) is 18.2 Å². The van der Waals surface area contributed by atoms with Gasteiger partial charge in [0.1, 0.15) is 5.69 Å². The molecule has 3 aromatic heterocycles. The second kappa shape index (κ2) is 6.02. The molecule has 132 valence electrons. The van der Waals surface area contributed by atoms with Gasteiger partial charge in [0.15, 0.2) is 0 Å². The number of hydrogen-bond acceptors (Lipinski definition) is 2. The first-order valence-electron chi connectivity index (χ1n) is 8.79. The molecule has 0 aliphatic heterocycles. The van der Waals surface area contributed by atoms with Gasteiger partial charge in [-0.2, -0.15) is 0 Å². The van der Waals surface area contributed by atoms with Crippen LogP contribution in [0.1, 0.15) is 36.1 Å². The van der Waals surface area contributed by atoms with E-state index in [4.69, 9.17) is 0 Å². The Morgan fingerprint density at radius 3 is 2.58 bits per heavy atom. The summed E-state index contributed by atoms with van der Waals surface area (Å²) in [5.74, 6) is -0.131. The summed E-state index contributed by atoms with van der Waals surface area (Å²) in [4.78, 5) is 17.1. The fourth-order valence-electron chi connectivity index (χ4n) is 3.61. The van der Waals surface area contributed by atoms with Crippen molar-refractivity contribution in [3.05, 3.63) is 60.0 Å². The first-order valence-corrected chi connectivity index (χ1v) is 8.79. The summed E-state index contributed by atoms with van der Waals surface area (Å²) in [5.41, 5.74) is 5.61.